The molecule has 0 aliphatic rings. The Hall–Kier alpha value is -3.09. The van der Waals surface area contributed by atoms with Crippen LogP contribution in [-0.2, 0) is 11.3 Å². The molecule has 0 aliphatic heterocycles. The van der Waals surface area contributed by atoms with Gasteiger partial charge >= 0.3 is 0 Å². The quantitative estimate of drug-likeness (QED) is 0.697. The van der Waals surface area contributed by atoms with Crippen LogP contribution in [0.1, 0.15) is 18.9 Å². The minimum Gasteiger partial charge on any atom is -0.495 e. The third-order valence-electron chi connectivity index (χ3n) is 4.02. The van der Waals surface area contributed by atoms with Gasteiger partial charge in [0.25, 0.3) is 0 Å². The standard InChI is InChI=1S/C20H26N2O5/c1-6-19(23)22-15-9-13(7-8-16(15)24-2)12-21-14-10-17(25-3)20(27-5)18(11-14)26-4/h7-11,21H,6,12H2,1-5H3,(H,22,23). The normalized spacial score (nSPS) is 10.1. The Balaban J connectivity index is 2.21. The molecule has 0 aromatic heterocycles. The molecule has 0 aliphatic carbocycles. The van der Waals surface area contributed by atoms with E-state index in [0.717, 1.165) is 11.3 Å². The first-order chi connectivity index (χ1) is 13.1. The summed E-state index contributed by atoms with van der Waals surface area (Å²) in [6, 6.07) is 9.33. The fourth-order valence-electron chi connectivity index (χ4n) is 2.59. The highest BCUT2D eigenvalue weighted by atomic mass is 16.5. The van der Waals surface area contributed by atoms with E-state index in [1.54, 1.807) is 35.4 Å². The van der Waals surface area contributed by atoms with E-state index in [1.807, 2.05) is 30.3 Å². The van der Waals surface area contributed by atoms with E-state index in [1.165, 1.54) is 0 Å². The van der Waals surface area contributed by atoms with E-state index in [-0.39, 0.29) is 5.91 Å². The van der Waals surface area contributed by atoms with Crippen LogP contribution in [0.2, 0.25) is 0 Å². The Morgan fingerprint density at radius 2 is 1.52 bits per heavy atom. The van der Waals surface area contributed by atoms with Crippen LogP contribution in [0.4, 0.5) is 11.4 Å². The summed E-state index contributed by atoms with van der Waals surface area (Å²) in [5, 5.41) is 6.18. The van der Waals surface area contributed by atoms with Gasteiger partial charge in [0.1, 0.15) is 5.75 Å². The average molecular weight is 374 g/mol. The van der Waals surface area contributed by atoms with Gasteiger partial charge in [-0.2, -0.15) is 0 Å². The van der Waals surface area contributed by atoms with Crippen molar-refractivity contribution in [2.75, 3.05) is 39.1 Å². The maximum absolute atomic E-state index is 11.7. The van der Waals surface area contributed by atoms with Gasteiger partial charge in [0, 0.05) is 30.8 Å². The molecule has 7 nitrogen and oxygen atoms in total. The van der Waals surface area contributed by atoms with E-state index >= 15 is 0 Å². The Morgan fingerprint density at radius 3 is 2.04 bits per heavy atom. The molecule has 0 fully saturated rings. The van der Waals surface area contributed by atoms with E-state index in [2.05, 4.69) is 10.6 Å². The summed E-state index contributed by atoms with van der Waals surface area (Å²) in [4.78, 5) is 11.7. The number of rotatable bonds is 9. The maximum atomic E-state index is 11.7. The van der Waals surface area contributed by atoms with Crippen LogP contribution in [0, 0.1) is 0 Å². The molecule has 27 heavy (non-hydrogen) atoms. The molecule has 7 heteroatoms. The van der Waals surface area contributed by atoms with Gasteiger partial charge in [-0.25, -0.2) is 0 Å². The molecule has 2 N–H and O–H groups in total. The Morgan fingerprint density at radius 1 is 0.889 bits per heavy atom. The maximum Gasteiger partial charge on any atom is 0.224 e. The van der Waals surface area contributed by atoms with Gasteiger partial charge in [0.2, 0.25) is 11.7 Å². The highest BCUT2D eigenvalue weighted by Crippen LogP contribution is 2.40. The summed E-state index contributed by atoms with van der Waals surface area (Å²) in [6.45, 7) is 2.34. The first-order valence-corrected chi connectivity index (χ1v) is 8.56. The molecule has 0 bridgehead atoms. The first kappa shape index (κ1) is 20.2. The van der Waals surface area contributed by atoms with Crippen molar-refractivity contribution in [3.8, 4) is 23.0 Å². The molecule has 146 valence electrons. The lowest BCUT2D eigenvalue weighted by Crippen LogP contribution is -2.11. The topological polar surface area (TPSA) is 78.1 Å². The predicted octanol–water partition coefficient (Wildman–Crippen LogP) is 3.68. The monoisotopic (exact) mass is 374 g/mol. The molecule has 1 amide bonds. The van der Waals surface area contributed by atoms with Crippen molar-refractivity contribution in [3.63, 3.8) is 0 Å². The van der Waals surface area contributed by atoms with Crippen LogP contribution in [-0.4, -0.2) is 34.3 Å². The second-order valence-electron chi connectivity index (χ2n) is 5.70. The second-order valence-corrected chi connectivity index (χ2v) is 5.70. The van der Waals surface area contributed by atoms with Crippen LogP contribution in [0.3, 0.4) is 0 Å². The smallest absolute Gasteiger partial charge is 0.224 e. The predicted molar refractivity (Wildman–Crippen MR) is 105 cm³/mol. The van der Waals surface area contributed by atoms with Gasteiger partial charge in [-0.3, -0.25) is 4.79 Å². The number of ether oxygens (including phenoxy) is 4. The van der Waals surface area contributed by atoms with Crippen LogP contribution in [0.5, 0.6) is 23.0 Å². The van der Waals surface area contributed by atoms with Gasteiger partial charge < -0.3 is 29.6 Å². The highest BCUT2D eigenvalue weighted by molar-refractivity contribution is 5.92. The van der Waals surface area contributed by atoms with Gasteiger partial charge in [0.05, 0.1) is 34.1 Å². The van der Waals surface area contributed by atoms with Gasteiger partial charge in [-0.1, -0.05) is 13.0 Å². The average Bonchev–Trinajstić information content (AvgIpc) is 2.71. The number of benzene rings is 2. The fraction of sp³-hybridized carbons (Fsp3) is 0.350. The third-order valence-corrected chi connectivity index (χ3v) is 4.02. The minimum atomic E-state index is -0.0666. The van der Waals surface area contributed by atoms with Crippen molar-refractivity contribution < 1.29 is 23.7 Å². The van der Waals surface area contributed by atoms with Crippen LogP contribution in [0.25, 0.3) is 0 Å². The molecule has 2 aromatic carbocycles. The molecule has 0 unspecified atom stereocenters. The van der Waals surface area contributed by atoms with Crippen molar-refractivity contribution in [1.29, 1.82) is 0 Å². The first-order valence-electron chi connectivity index (χ1n) is 8.56. The zero-order chi connectivity index (χ0) is 19.8. The van der Waals surface area contributed by atoms with Gasteiger partial charge in [0.15, 0.2) is 11.5 Å². The molecule has 2 rings (SSSR count). The molecule has 0 saturated heterocycles. The van der Waals surface area contributed by atoms with Crippen molar-refractivity contribution in [2.45, 2.75) is 19.9 Å². The molecular weight excluding hydrogens is 348 g/mol. The Kier molecular flexibility index (Phi) is 7.16. The fourth-order valence-corrected chi connectivity index (χ4v) is 2.59. The molecule has 0 atom stereocenters. The third kappa shape index (κ3) is 4.97. The number of methoxy groups -OCH3 is 4. The van der Waals surface area contributed by atoms with Gasteiger partial charge in [-0.05, 0) is 17.7 Å². The number of hydrogen-bond donors (Lipinski definition) is 2. The summed E-state index contributed by atoms with van der Waals surface area (Å²) in [6.07, 6.45) is 0.400. The number of anilines is 2. The van der Waals surface area contributed by atoms with Crippen molar-refractivity contribution in [2.24, 2.45) is 0 Å². The van der Waals surface area contributed by atoms with Gasteiger partial charge in [-0.15, -0.1) is 0 Å². The number of amides is 1. The number of carbonyl (C=O) groups excluding carboxylic acids is 1. The molecule has 0 heterocycles. The van der Waals surface area contributed by atoms with E-state index in [9.17, 15) is 4.79 Å². The number of nitrogens with one attached hydrogen (secondary N) is 2. The lowest BCUT2D eigenvalue weighted by atomic mass is 10.1. The Labute approximate surface area is 159 Å². The number of carbonyl (C=O) groups is 1. The van der Waals surface area contributed by atoms with Crippen molar-refractivity contribution >= 4 is 17.3 Å². The summed E-state index contributed by atoms with van der Waals surface area (Å²) in [5.41, 5.74) is 2.45. The highest BCUT2D eigenvalue weighted by Gasteiger charge is 2.13. The second kappa shape index (κ2) is 9.56. The van der Waals surface area contributed by atoms with Crippen molar-refractivity contribution in [3.05, 3.63) is 35.9 Å². The largest absolute Gasteiger partial charge is 0.495 e. The van der Waals surface area contributed by atoms with E-state index in [0.29, 0.717) is 41.7 Å². The molecule has 2 aromatic rings. The van der Waals surface area contributed by atoms with Crippen LogP contribution < -0.4 is 29.6 Å². The molecule has 0 saturated carbocycles. The zero-order valence-electron chi connectivity index (χ0n) is 16.3. The van der Waals surface area contributed by atoms with Crippen LogP contribution >= 0.6 is 0 Å². The summed E-state index contributed by atoms with van der Waals surface area (Å²) in [7, 11) is 6.29. The summed E-state index contributed by atoms with van der Waals surface area (Å²) in [5.74, 6) is 2.24. The summed E-state index contributed by atoms with van der Waals surface area (Å²) < 4.78 is 21.4. The van der Waals surface area contributed by atoms with E-state index in [4.69, 9.17) is 18.9 Å². The van der Waals surface area contributed by atoms with Crippen LogP contribution in [0.15, 0.2) is 30.3 Å². The lowest BCUT2D eigenvalue weighted by Gasteiger charge is -2.16. The SMILES string of the molecule is CCC(=O)Nc1cc(CNc2cc(OC)c(OC)c(OC)c2)ccc1OC. The minimum absolute atomic E-state index is 0.0666. The number of hydrogen-bond acceptors (Lipinski definition) is 6. The lowest BCUT2D eigenvalue weighted by molar-refractivity contribution is -0.115. The zero-order valence-corrected chi connectivity index (χ0v) is 16.3. The molecule has 0 radical (unpaired) electrons. The summed E-state index contributed by atoms with van der Waals surface area (Å²) >= 11 is 0. The molecular formula is C20H26N2O5. The Bertz CT molecular complexity index is 767. The van der Waals surface area contributed by atoms with E-state index < -0.39 is 0 Å². The molecule has 0 spiro atoms. The van der Waals surface area contributed by atoms with Crippen molar-refractivity contribution in [1.82, 2.24) is 0 Å².